The van der Waals surface area contributed by atoms with Gasteiger partial charge < -0.3 is 14.6 Å². The van der Waals surface area contributed by atoms with Crippen molar-refractivity contribution in [1.82, 2.24) is 4.98 Å². The number of hydrogen-bond acceptors (Lipinski definition) is 4. The molecule has 16 heavy (non-hydrogen) atoms. The van der Waals surface area contributed by atoms with Crippen molar-refractivity contribution in [2.45, 2.75) is 13.0 Å². The van der Waals surface area contributed by atoms with Crippen molar-refractivity contribution >= 4 is 5.97 Å². The lowest BCUT2D eigenvalue weighted by Crippen LogP contribution is -2.18. The number of carbonyl (C=O) groups is 1. The lowest BCUT2D eigenvalue weighted by molar-refractivity contribution is 0.0633. The molecule has 5 nitrogen and oxygen atoms in total. The Balaban J connectivity index is 2.82. The number of aromatic carboxylic acids is 1. The van der Waals surface area contributed by atoms with E-state index < -0.39 is 11.8 Å². The van der Waals surface area contributed by atoms with E-state index in [1.54, 1.807) is 6.92 Å². The summed E-state index contributed by atoms with van der Waals surface area (Å²) in [4.78, 5) is 14.3. The maximum absolute atomic E-state index is 12.8. The lowest BCUT2D eigenvalue weighted by atomic mass is 10.2. The third-order valence-corrected chi connectivity index (χ3v) is 1.91. The predicted molar refractivity (Wildman–Crippen MR) is 53.1 cm³/mol. The van der Waals surface area contributed by atoms with E-state index in [2.05, 4.69) is 4.98 Å². The van der Waals surface area contributed by atoms with E-state index in [9.17, 15) is 9.18 Å². The number of hydrogen-bond donors (Lipinski definition) is 1. The van der Waals surface area contributed by atoms with Crippen LogP contribution in [0.15, 0.2) is 12.3 Å². The maximum Gasteiger partial charge on any atom is 0.341 e. The SMILES string of the molecule is CO[C@@H](C)COc1ncc(F)cc1C(=O)O. The van der Waals surface area contributed by atoms with Gasteiger partial charge in [0, 0.05) is 7.11 Å². The molecule has 0 aliphatic carbocycles. The molecule has 1 rings (SSSR count). The molecule has 0 unspecified atom stereocenters. The Bertz CT molecular complexity index is 383. The third-order valence-electron chi connectivity index (χ3n) is 1.91. The molecule has 0 spiro atoms. The largest absolute Gasteiger partial charge is 0.477 e. The highest BCUT2D eigenvalue weighted by Gasteiger charge is 2.15. The van der Waals surface area contributed by atoms with Crippen LogP contribution in [0.3, 0.4) is 0 Å². The molecule has 1 heterocycles. The van der Waals surface area contributed by atoms with Crippen molar-refractivity contribution in [2.24, 2.45) is 0 Å². The van der Waals surface area contributed by atoms with Crippen LogP contribution in [0.1, 0.15) is 17.3 Å². The molecule has 0 aliphatic rings. The van der Waals surface area contributed by atoms with E-state index in [0.29, 0.717) is 0 Å². The van der Waals surface area contributed by atoms with Crippen LogP contribution in [-0.2, 0) is 4.74 Å². The Morgan fingerprint density at radius 1 is 1.69 bits per heavy atom. The maximum atomic E-state index is 12.8. The van der Waals surface area contributed by atoms with Crippen LogP contribution < -0.4 is 4.74 Å². The summed E-state index contributed by atoms with van der Waals surface area (Å²) in [5, 5.41) is 8.79. The molecule has 0 saturated carbocycles. The summed E-state index contributed by atoms with van der Waals surface area (Å²) in [6, 6.07) is 0.863. The van der Waals surface area contributed by atoms with Gasteiger partial charge in [-0.1, -0.05) is 0 Å². The van der Waals surface area contributed by atoms with E-state index in [0.717, 1.165) is 12.3 Å². The minimum atomic E-state index is -1.29. The van der Waals surface area contributed by atoms with Crippen LogP contribution in [0.25, 0.3) is 0 Å². The normalized spacial score (nSPS) is 12.2. The number of carboxylic acid groups (broad SMARTS) is 1. The number of pyridine rings is 1. The zero-order valence-corrected chi connectivity index (χ0v) is 8.94. The first kappa shape index (κ1) is 12.4. The van der Waals surface area contributed by atoms with Gasteiger partial charge >= 0.3 is 5.97 Å². The van der Waals surface area contributed by atoms with Gasteiger partial charge in [-0.15, -0.1) is 0 Å². The zero-order valence-electron chi connectivity index (χ0n) is 8.94. The summed E-state index contributed by atoms with van der Waals surface area (Å²) in [5.74, 6) is -2.12. The predicted octanol–water partition coefficient (Wildman–Crippen LogP) is 1.33. The number of aromatic nitrogens is 1. The highest BCUT2D eigenvalue weighted by atomic mass is 19.1. The van der Waals surface area contributed by atoms with Crippen molar-refractivity contribution < 1.29 is 23.8 Å². The fourth-order valence-corrected chi connectivity index (χ4v) is 0.959. The van der Waals surface area contributed by atoms with Gasteiger partial charge in [-0.05, 0) is 13.0 Å². The molecule has 1 aromatic heterocycles. The highest BCUT2D eigenvalue weighted by Crippen LogP contribution is 2.16. The van der Waals surface area contributed by atoms with Gasteiger partial charge in [-0.2, -0.15) is 0 Å². The molecule has 88 valence electrons. The molecule has 0 saturated heterocycles. The molecular weight excluding hydrogens is 217 g/mol. The van der Waals surface area contributed by atoms with E-state index in [4.69, 9.17) is 14.6 Å². The first-order chi connectivity index (χ1) is 7.54. The smallest absolute Gasteiger partial charge is 0.341 e. The van der Waals surface area contributed by atoms with Crippen LogP contribution in [0.5, 0.6) is 5.88 Å². The lowest BCUT2D eigenvalue weighted by Gasteiger charge is -2.11. The number of rotatable bonds is 5. The molecule has 0 fully saturated rings. The van der Waals surface area contributed by atoms with Gasteiger partial charge in [-0.25, -0.2) is 14.2 Å². The molecule has 1 aromatic rings. The molecule has 1 N–H and O–H groups in total. The van der Waals surface area contributed by atoms with Crippen LogP contribution in [0.2, 0.25) is 0 Å². The molecule has 0 aromatic carbocycles. The second-order valence-electron chi connectivity index (χ2n) is 3.17. The molecule has 6 heteroatoms. The highest BCUT2D eigenvalue weighted by molar-refractivity contribution is 5.90. The average Bonchev–Trinajstić information content (AvgIpc) is 2.26. The van der Waals surface area contributed by atoms with E-state index in [1.165, 1.54) is 7.11 Å². The van der Waals surface area contributed by atoms with Gasteiger partial charge in [0.1, 0.15) is 18.0 Å². The quantitative estimate of drug-likeness (QED) is 0.824. The van der Waals surface area contributed by atoms with E-state index in [1.807, 2.05) is 0 Å². The summed E-state index contributed by atoms with van der Waals surface area (Å²) in [6.07, 6.45) is 0.702. The van der Waals surface area contributed by atoms with E-state index >= 15 is 0 Å². The van der Waals surface area contributed by atoms with Crippen molar-refractivity contribution in [3.05, 3.63) is 23.6 Å². The van der Waals surface area contributed by atoms with Gasteiger partial charge in [0.05, 0.1) is 12.3 Å². The van der Waals surface area contributed by atoms with Crippen molar-refractivity contribution in [3.63, 3.8) is 0 Å². The summed E-state index contributed by atoms with van der Waals surface area (Å²) in [7, 11) is 1.50. The molecule has 0 bridgehead atoms. The van der Waals surface area contributed by atoms with Gasteiger partial charge in [0.15, 0.2) is 0 Å². The Morgan fingerprint density at radius 2 is 2.38 bits per heavy atom. The average molecular weight is 229 g/mol. The Morgan fingerprint density at radius 3 is 2.94 bits per heavy atom. The summed E-state index contributed by atoms with van der Waals surface area (Å²) < 4.78 is 22.8. The number of nitrogens with zero attached hydrogens (tertiary/aromatic N) is 1. The van der Waals surface area contributed by atoms with Gasteiger partial charge in [-0.3, -0.25) is 0 Å². The monoisotopic (exact) mass is 229 g/mol. The minimum Gasteiger partial charge on any atom is -0.477 e. The first-order valence-corrected chi connectivity index (χ1v) is 4.59. The van der Waals surface area contributed by atoms with Crippen molar-refractivity contribution in [2.75, 3.05) is 13.7 Å². The molecule has 0 amide bonds. The number of methoxy groups -OCH3 is 1. The second kappa shape index (κ2) is 5.41. The topological polar surface area (TPSA) is 68.7 Å². The number of ether oxygens (including phenoxy) is 2. The molecule has 1 atom stereocenters. The van der Waals surface area contributed by atoms with Gasteiger partial charge in [0.2, 0.25) is 5.88 Å². The first-order valence-electron chi connectivity index (χ1n) is 4.59. The fourth-order valence-electron chi connectivity index (χ4n) is 0.959. The van der Waals surface area contributed by atoms with E-state index in [-0.39, 0.29) is 24.2 Å². The Hall–Kier alpha value is -1.69. The van der Waals surface area contributed by atoms with Crippen LogP contribution in [0.4, 0.5) is 4.39 Å². The Kier molecular flexibility index (Phi) is 4.19. The van der Waals surface area contributed by atoms with Crippen LogP contribution >= 0.6 is 0 Å². The summed E-state index contributed by atoms with van der Waals surface area (Å²) in [5.41, 5.74) is -0.302. The van der Waals surface area contributed by atoms with Crippen molar-refractivity contribution in [1.29, 1.82) is 0 Å². The zero-order chi connectivity index (χ0) is 12.1. The minimum absolute atomic E-state index is 0.113. The standard InChI is InChI=1S/C10H12FNO4/c1-6(15-2)5-16-9-8(10(13)14)3-7(11)4-12-9/h3-4,6H,5H2,1-2H3,(H,13,14)/t6-/m0/s1. The van der Waals surface area contributed by atoms with Crippen molar-refractivity contribution in [3.8, 4) is 5.88 Å². The number of halogens is 1. The second-order valence-corrected chi connectivity index (χ2v) is 3.17. The third kappa shape index (κ3) is 3.16. The molecule has 0 aliphatic heterocycles. The number of carboxylic acids is 1. The summed E-state index contributed by atoms with van der Waals surface area (Å²) >= 11 is 0. The summed E-state index contributed by atoms with van der Waals surface area (Å²) in [6.45, 7) is 1.90. The molecular formula is C10H12FNO4. The van der Waals surface area contributed by atoms with Crippen LogP contribution in [-0.4, -0.2) is 35.9 Å². The Labute approximate surface area is 91.8 Å². The molecule has 0 radical (unpaired) electrons. The fraction of sp³-hybridized carbons (Fsp3) is 0.400. The van der Waals surface area contributed by atoms with Gasteiger partial charge in [0.25, 0.3) is 0 Å². The van der Waals surface area contributed by atoms with Crippen LogP contribution in [0, 0.1) is 5.82 Å².